The second-order valence-corrected chi connectivity index (χ2v) is 8.35. The number of benzene rings is 2. The molecule has 0 bridgehead atoms. The first kappa shape index (κ1) is 20.6. The van der Waals surface area contributed by atoms with Gasteiger partial charge in [-0.05, 0) is 31.5 Å². The molecule has 0 unspecified atom stereocenters. The van der Waals surface area contributed by atoms with Crippen molar-refractivity contribution in [1.82, 2.24) is 19.7 Å². The first-order valence-corrected chi connectivity index (χ1v) is 10.9. The molecular formula is C21H23BrN4OS. The van der Waals surface area contributed by atoms with Crippen molar-refractivity contribution in [3.63, 3.8) is 0 Å². The molecule has 0 N–H and O–H groups in total. The van der Waals surface area contributed by atoms with E-state index in [1.54, 1.807) is 4.90 Å². The molecule has 1 aromatic heterocycles. The molecule has 146 valence electrons. The van der Waals surface area contributed by atoms with Gasteiger partial charge in [-0.2, -0.15) is 0 Å². The molecular weight excluding hydrogens is 436 g/mol. The standard InChI is InChI=1S/C21H23BrN4OS/c1-4-26-20(16-10-7-8-15(2)12-16)23-24-21(26)28-14-19(27)25(3)13-17-9-5-6-11-18(17)22/h5-12H,4,13-14H2,1-3H3. The minimum atomic E-state index is 0.0588. The van der Waals surface area contributed by atoms with Crippen LogP contribution in [0.1, 0.15) is 18.1 Å². The molecule has 1 heterocycles. The van der Waals surface area contributed by atoms with Crippen molar-refractivity contribution in [2.24, 2.45) is 0 Å². The third-order valence-corrected chi connectivity index (χ3v) is 6.15. The van der Waals surface area contributed by atoms with Crippen LogP contribution in [-0.4, -0.2) is 38.4 Å². The summed E-state index contributed by atoms with van der Waals surface area (Å²) in [5, 5.41) is 9.45. The van der Waals surface area contributed by atoms with Gasteiger partial charge in [-0.15, -0.1) is 10.2 Å². The Hall–Kier alpha value is -2.12. The summed E-state index contributed by atoms with van der Waals surface area (Å²) in [4.78, 5) is 14.3. The van der Waals surface area contributed by atoms with E-state index < -0.39 is 0 Å². The number of aryl methyl sites for hydroxylation is 1. The Kier molecular flexibility index (Phi) is 6.91. The molecule has 28 heavy (non-hydrogen) atoms. The number of nitrogens with zero attached hydrogens (tertiary/aromatic N) is 4. The van der Waals surface area contributed by atoms with Crippen LogP contribution >= 0.6 is 27.7 Å². The maximum atomic E-state index is 12.6. The van der Waals surface area contributed by atoms with Gasteiger partial charge in [0, 0.05) is 30.2 Å². The summed E-state index contributed by atoms with van der Waals surface area (Å²) < 4.78 is 3.07. The monoisotopic (exact) mass is 458 g/mol. The van der Waals surface area contributed by atoms with Gasteiger partial charge in [0.15, 0.2) is 11.0 Å². The predicted octanol–water partition coefficient (Wildman–Crippen LogP) is 4.79. The van der Waals surface area contributed by atoms with Gasteiger partial charge in [0.2, 0.25) is 5.91 Å². The van der Waals surface area contributed by atoms with E-state index >= 15 is 0 Å². The van der Waals surface area contributed by atoms with E-state index in [1.807, 2.05) is 43.4 Å². The molecule has 0 saturated carbocycles. The molecule has 0 fully saturated rings. The lowest BCUT2D eigenvalue weighted by atomic mass is 10.1. The van der Waals surface area contributed by atoms with Crippen LogP contribution in [0.2, 0.25) is 0 Å². The van der Waals surface area contributed by atoms with Gasteiger partial charge < -0.3 is 9.47 Å². The topological polar surface area (TPSA) is 51.0 Å². The maximum Gasteiger partial charge on any atom is 0.233 e. The summed E-state index contributed by atoms with van der Waals surface area (Å²) in [5.41, 5.74) is 3.31. The SMILES string of the molecule is CCn1c(SCC(=O)N(C)Cc2ccccc2Br)nnc1-c1cccc(C)c1. The second kappa shape index (κ2) is 9.39. The zero-order valence-corrected chi connectivity index (χ0v) is 18.6. The van der Waals surface area contributed by atoms with Gasteiger partial charge in [0.05, 0.1) is 5.75 Å². The second-order valence-electron chi connectivity index (χ2n) is 6.55. The Bertz CT molecular complexity index is 973. The first-order chi connectivity index (χ1) is 13.5. The average Bonchev–Trinajstić information content (AvgIpc) is 3.10. The van der Waals surface area contributed by atoms with Gasteiger partial charge in [0.1, 0.15) is 0 Å². The number of aromatic nitrogens is 3. The maximum absolute atomic E-state index is 12.6. The van der Waals surface area contributed by atoms with Crippen LogP contribution in [-0.2, 0) is 17.9 Å². The van der Waals surface area contributed by atoms with Crippen LogP contribution < -0.4 is 0 Å². The molecule has 0 aliphatic rings. The largest absolute Gasteiger partial charge is 0.341 e. The highest BCUT2D eigenvalue weighted by Crippen LogP contribution is 2.25. The minimum absolute atomic E-state index is 0.0588. The van der Waals surface area contributed by atoms with Crippen LogP contribution in [0.5, 0.6) is 0 Å². The van der Waals surface area contributed by atoms with Crippen molar-refractivity contribution in [3.8, 4) is 11.4 Å². The fraction of sp³-hybridized carbons (Fsp3) is 0.286. The molecule has 7 heteroatoms. The third kappa shape index (κ3) is 4.83. The molecule has 0 spiro atoms. The molecule has 5 nitrogen and oxygen atoms in total. The lowest BCUT2D eigenvalue weighted by Crippen LogP contribution is -2.28. The molecule has 0 aliphatic carbocycles. The molecule has 0 radical (unpaired) electrons. The molecule has 0 atom stereocenters. The zero-order valence-electron chi connectivity index (χ0n) is 16.2. The highest BCUT2D eigenvalue weighted by molar-refractivity contribution is 9.10. The zero-order chi connectivity index (χ0) is 20.1. The highest BCUT2D eigenvalue weighted by Gasteiger charge is 2.16. The number of halogens is 1. The van der Waals surface area contributed by atoms with Gasteiger partial charge >= 0.3 is 0 Å². The fourth-order valence-electron chi connectivity index (χ4n) is 2.89. The Morgan fingerprint density at radius 2 is 1.96 bits per heavy atom. The lowest BCUT2D eigenvalue weighted by Gasteiger charge is -2.18. The number of amides is 1. The lowest BCUT2D eigenvalue weighted by molar-refractivity contribution is -0.127. The number of hydrogen-bond donors (Lipinski definition) is 0. The molecule has 0 saturated heterocycles. The Morgan fingerprint density at radius 1 is 1.18 bits per heavy atom. The molecule has 2 aromatic carbocycles. The van der Waals surface area contributed by atoms with Crippen LogP contribution in [0.3, 0.4) is 0 Å². The smallest absolute Gasteiger partial charge is 0.233 e. The Balaban J connectivity index is 1.67. The summed E-state index contributed by atoms with van der Waals surface area (Å²) in [7, 11) is 1.82. The van der Waals surface area contributed by atoms with Gasteiger partial charge in [-0.3, -0.25) is 4.79 Å². The normalized spacial score (nSPS) is 10.9. The van der Waals surface area contributed by atoms with E-state index in [4.69, 9.17) is 0 Å². The average molecular weight is 459 g/mol. The summed E-state index contributed by atoms with van der Waals surface area (Å²) >= 11 is 4.96. The van der Waals surface area contributed by atoms with E-state index in [-0.39, 0.29) is 5.91 Å². The van der Waals surface area contributed by atoms with Gasteiger partial charge in [0.25, 0.3) is 0 Å². The number of thioether (sulfide) groups is 1. The quantitative estimate of drug-likeness (QED) is 0.477. The fourth-order valence-corrected chi connectivity index (χ4v) is 4.24. The Morgan fingerprint density at radius 3 is 2.68 bits per heavy atom. The third-order valence-electron chi connectivity index (χ3n) is 4.43. The van der Waals surface area contributed by atoms with E-state index in [1.165, 1.54) is 17.3 Å². The van der Waals surface area contributed by atoms with Crippen molar-refractivity contribution in [2.75, 3.05) is 12.8 Å². The van der Waals surface area contributed by atoms with Crippen molar-refractivity contribution in [2.45, 2.75) is 32.1 Å². The summed E-state index contributed by atoms with van der Waals surface area (Å²) in [6.07, 6.45) is 0. The van der Waals surface area contributed by atoms with Crippen molar-refractivity contribution >= 4 is 33.6 Å². The summed E-state index contributed by atoms with van der Waals surface area (Å²) in [5.74, 6) is 1.22. The Labute approximate surface area is 178 Å². The molecule has 3 rings (SSSR count). The van der Waals surface area contributed by atoms with E-state index in [0.717, 1.165) is 33.1 Å². The first-order valence-electron chi connectivity index (χ1n) is 9.10. The predicted molar refractivity (Wildman–Crippen MR) is 117 cm³/mol. The van der Waals surface area contributed by atoms with E-state index in [2.05, 4.69) is 56.7 Å². The van der Waals surface area contributed by atoms with Gasteiger partial charge in [-0.1, -0.05) is 69.7 Å². The van der Waals surface area contributed by atoms with Crippen molar-refractivity contribution in [1.29, 1.82) is 0 Å². The van der Waals surface area contributed by atoms with Crippen LogP contribution in [0, 0.1) is 6.92 Å². The number of carbonyl (C=O) groups excluding carboxylic acids is 1. The molecule has 3 aromatic rings. The number of rotatable bonds is 7. The van der Waals surface area contributed by atoms with Crippen molar-refractivity contribution in [3.05, 3.63) is 64.1 Å². The summed E-state index contributed by atoms with van der Waals surface area (Å²) in [6.45, 7) is 5.44. The van der Waals surface area contributed by atoms with Crippen molar-refractivity contribution < 1.29 is 4.79 Å². The molecule has 1 amide bonds. The highest BCUT2D eigenvalue weighted by atomic mass is 79.9. The minimum Gasteiger partial charge on any atom is -0.341 e. The van der Waals surface area contributed by atoms with Crippen LogP contribution in [0.4, 0.5) is 0 Å². The number of hydrogen-bond acceptors (Lipinski definition) is 4. The number of carbonyl (C=O) groups is 1. The van der Waals surface area contributed by atoms with E-state index in [0.29, 0.717) is 12.3 Å². The van der Waals surface area contributed by atoms with Gasteiger partial charge in [-0.25, -0.2) is 0 Å². The summed E-state index contributed by atoms with van der Waals surface area (Å²) in [6, 6.07) is 16.2. The van der Waals surface area contributed by atoms with Crippen LogP contribution in [0.25, 0.3) is 11.4 Å². The molecule has 0 aliphatic heterocycles. The van der Waals surface area contributed by atoms with E-state index in [9.17, 15) is 4.79 Å². The van der Waals surface area contributed by atoms with Crippen LogP contribution in [0.15, 0.2) is 58.2 Å².